The largest absolute Gasteiger partial charge is 0.506 e. The molecule has 0 radical (unpaired) electrons. The maximum Gasteiger partial charge on any atom is 0.316 e. The molecule has 1 aliphatic rings. The minimum Gasteiger partial charge on any atom is -0.506 e. The second-order valence-corrected chi connectivity index (χ2v) is 10.6. The standard InChI is InChI=1S/C30H36N4O4/c1-30(2,32-18-27(36)23-10-11-26(35)25(16-23)33-29(31)38)17-21-7-5-6-20(14-21)15-28(37)34-13-12-22-8-3-4-9-24(22)19-34/h3-11,14,16,27,32,35-36H,12-13,15,17-19H2,1-2H3,(H3,31,33,38)/t27-/m0/s1. The number of nitrogens with one attached hydrogen (secondary N) is 2. The van der Waals surface area contributed by atoms with Crippen LogP contribution in [-0.2, 0) is 30.6 Å². The average molecular weight is 517 g/mol. The van der Waals surface area contributed by atoms with Crippen LogP contribution in [0.5, 0.6) is 5.75 Å². The van der Waals surface area contributed by atoms with E-state index in [0.717, 1.165) is 24.1 Å². The van der Waals surface area contributed by atoms with Gasteiger partial charge in [0.25, 0.3) is 0 Å². The molecule has 1 atom stereocenters. The summed E-state index contributed by atoms with van der Waals surface area (Å²) in [5.74, 6) is 0.00718. The van der Waals surface area contributed by atoms with Crippen LogP contribution >= 0.6 is 0 Å². The first kappa shape index (κ1) is 27.2. The number of anilines is 1. The highest BCUT2D eigenvalue weighted by molar-refractivity contribution is 5.89. The second-order valence-electron chi connectivity index (χ2n) is 10.6. The number of benzene rings is 3. The van der Waals surface area contributed by atoms with Gasteiger partial charge >= 0.3 is 6.03 Å². The molecule has 0 fully saturated rings. The monoisotopic (exact) mass is 516 g/mol. The number of hydrogen-bond acceptors (Lipinski definition) is 5. The predicted octanol–water partition coefficient (Wildman–Crippen LogP) is 3.65. The quantitative estimate of drug-likeness (QED) is 0.277. The van der Waals surface area contributed by atoms with Crippen LogP contribution < -0.4 is 16.4 Å². The van der Waals surface area contributed by atoms with Gasteiger partial charge in [0.2, 0.25) is 5.91 Å². The molecule has 4 rings (SSSR count). The number of β-amino-alcohol motifs (C(OH)–C–C–N with tert-alkyl or cyclic N) is 1. The Morgan fingerprint density at radius 1 is 1.03 bits per heavy atom. The van der Waals surface area contributed by atoms with E-state index in [2.05, 4.69) is 42.7 Å². The van der Waals surface area contributed by atoms with E-state index in [4.69, 9.17) is 5.73 Å². The number of primary amides is 1. The van der Waals surface area contributed by atoms with Crippen LogP contribution in [-0.4, -0.2) is 45.7 Å². The number of aliphatic hydroxyl groups excluding tert-OH is 1. The SMILES string of the molecule is CC(C)(Cc1cccc(CC(=O)N2CCc3ccccc3C2)c1)NC[C@H](O)c1ccc(O)c(NC(N)=O)c1. The molecule has 0 aromatic heterocycles. The summed E-state index contributed by atoms with van der Waals surface area (Å²) in [6.45, 7) is 5.78. The molecule has 3 aromatic carbocycles. The van der Waals surface area contributed by atoms with E-state index in [0.29, 0.717) is 24.9 Å². The first-order valence-electron chi connectivity index (χ1n) is 12.8. The van der Waals surface area contributed by atoms with E-state index in [1.54, 1.807) is 6.07 Å². The second kappa shape index (κ2) is 11.7. The third-order valence-corrected chi connectivity index (χ3v) is 6.91. The molecular formula is C30H36N4O4. The number of fused-ring (bicyclic) bond motifs is 1. The molecule has 200 valence electrons. The van der Waals surface area contributed by atoms with Crippen LogP contribution in [0.4, 0.5) is 10.5 Å². The number of carbonyl (C=O) groups excluding carboxylic acids is 2. The summed E-state index contributed by atoms with van der Waals surface area (Å²) in [6, 6.07) is 20.1. The van der Waals surface area contributed by atoms with Crippen molar-refractivity contribution in [2.75, 3.05) is 18.4 Å². The van der Waals surface area contributed by atoms with Gasteiger partial charge in [-0.1, -0.05) is 54.6 Å². The van der Waals surface area contributed by atoms with E-state index < -0.39 is 12.1 Å². The van der Waals surface area contributed by atoms with E-state index in [-0.39, 0.29) is 29.4 Å². The Kier molecular flexibility index (Phi) is 8.34. The molecule has 0 aliphatic carbocycles. The molecule has 1 aliphatic heterocycles. The first-order valence-corrected chi connectivity index (χ1v) is 12.8. The number of amides is 3. The fourth-order valence-electron chi connectivity index (χ4n) is 4.90. The van der Waals surface area contributed by atoms with Gasteiger partial charge < -0.3 is 31.5 Å². The average Bonchev–Trinajstić information content (AvgIpc) is 2.88. The normalized spacial score (nSPS) is 14.0. The van der Waals surface area contributed by atoms with Crippen LogP contribution in [0.3, 0.4) is 0 Å². The molecule has 1 heterocycles. The Hall–Kier alpha value is -3.88. The zero-order valence-electron chi connectivity index (χ0n) is 21.9. The van der Waals surface area contributed by atoms with Crippen LogP contribution in [0.1, 0.15) is 47.8 Å². The van der Waals surface area contributed by atoms with Gasteiger partial charge in [-0.15, -0.1) is 0 Å². The van der Waals surface area contributed by atoms with Crippen molar-refractivity contribution >= 4 is 17.6 Å². The lowest BCUT2D eigenvalue weighted by atomic mass is 9.93. The molecular weight excluding hydrogens is 480 g/mol. The highest BCUT2D eigenvalue weighted by Crippen LogP contribution is 2.27. The summed E-state index contributed by atoms with van der Waals surface area (Å²) < 4.78 is 0. The zero-order valence-corrected chi connectivity index (χ0v) is 21.9. The molecule has 3 aromatic rings. The van der Waals surface area contributed by atoms with Crippen molar-refractivity contribution in [1.82, 2.24) is 10.2 Å². The van der Waals surface area contributed by atoms with Crippen LogP contribution in [0, 0.1) is 0 Å². The Bertz CT molecular complexity index is 1310. The molecule has 0 unspecified atom stereocenters. The number of urea groups is 1. The van der Waals surface area contributed by atoms with Gasteiger partial charge in [0.1, 0.15) is 5.75 Å². The molecule has 3 amide bonds. The summed E-state index contributed by atoms with van der Waals surface area (Å²) in [4.78, 5) is 26.1. The number of hydrogen-bond donors (Lipinski definition) is 5. The highest BCUT2D eigenvalue weighted by Gasteiger charge is 2.23. The minimum absolute atomic E-state index is 0.128. The van der Waals surface area contributed by atoms with Gasteiger partial charge in [-0.3, -0.25) is 4.79 Å². The smallest absolute Gasteiger partial charge is 0.316 e. The van der Waals surface area contributed by atoms with Crippen molar-refractivity contribution in [3.8, 4) is 5.75 Å². The maximum absolute atomic E-state index is 13.0. The fraction of sp³-hybridized carbons (Fsp3) is 0.333. The maximum atomic E-state index is 13.0. The Morgan fingerprint density at radius 3 is 2.53 bits per heavy atom. The summed E-state index contributed by atoms with van der Waals surface area (Å²) >= 11 is 0. The number of phenols is 1. The van der Waals surface area contributed by atoms with Crippen LogP contribution in [0.15, 0.2) is 66.7 Å². The van der Waals surface area contributed by atoms with Gasteiger partial charge in [0.15, 0.2) is 0 Å². The van der Waals surface area contributed by atoms with Gasteiger partial charge in [-0.2, -0.15) is 0 Å². The van der Waals surface area contributed by atoms with Crippen LogP contribution in [0.2, 0.25) is 0 Å². The lowest BCUT2D eigenvalue weighted by Crippen LogP contribution is -2.43. The fourth-order valence-corrected chi connectivity index (χ4v) is 4.90. The lowest BCUT2D eigenvalue weighted by Gasteiger charge is -2.29. The first-order chi connectivity index (χ1) is 18.1. The van der Waals surface area contributed by atoms with E-state index in [1.807, 2.05) is 35.2 Å². The topological polar surface area (TPSA) is 128 Å². The Labute approximate surface area is 223 Å². The predicted molar refractivity (Wildman–Crippen MR) is 148 cm³/mol. The van der Waals surface area contributed by atoms with Crippen molar-refractivity contribution in [3.63, 3.8) is 0 Å². The van der Waals surface area contributed by atoms with Gasteiger partial charge in [-0.25, -0.2) is 4.79 Å². The molecule has 0 saturated carbocycles. The summed E-state index contributed by atoms with van der Waals surface area (Å²) in [5, 5.41) is 26.3. The van der Waals surface area contributed by atoms with Gasteiger partial charge in [0, 0.05) is 25.2 Å². The number of nitrogens with two attached hydrogens (primary N) is 1. The number of aromatic hydroxyl groups is 1. The van der Waals surface area contributed by atoms with Crippen molar-refractivity contribution in [2.45, 2.75) is 51.3 Å². The van der Waals surface area contributed by atoms with Gasteiger partial charge in [0.05, 0.1) is 18.2 Å². The summed E-state index contributed by atoms with van der Waals surface area (Å²) in [6.07, 6.45) is 1.09. The zero-order chi connectivity index (χ0) is 27.3. The van der Waals surface area contributed by atoms with Crippen LogP contribution in [0.25, 0.3) is 0 Å². The molecule has 6 N–H and O–H groups in total. The van der Waals surface area contributed by atoms with E-state index in [9.17, 15) is 19.8 Å². The van der Waals surface area contributed by atoms with Crippen molar-refractivity contribution in [1.29, 1.82) is 0 Å². The van der Waals surface area contributed by atoms with Crippen molar-refractivity contribution in [2.24, 2.45) is 5.73 Å². The van der Waals surface area contributed by atoms with Crippen molar-refractivity contribution < 1.29 is 19.8 Å². The Morgan fingerprint density at radius 2 is 1.76 bits per heavy atom. The van der Waals surface area contributed by atoms with E-state index >= 15 is 0 Å². The third-order valence-electron chi connectivity index (χ3n) is 6.91. The minimum atomic E-state index is -0.859. The molecule has 8 nitrogen and oxygen atoms in total. The number of phenolic OH excluding ortho intramolecular Hbond substituents is 1. The highest BCUT2D eigenvalue weighted by atomic mass is 16.3. The molecule has 0 spiro atoms. The molecule has 0 saturated heterocycles. The summed E-state index contributed by atoms with van der Waals surface area (Å²) in [5.41, 5.74) is 10.1. The number of carbonyl (C=O) groups is 2. The lowest BCUT2D eigenvalue weighted by molar-refractivity contribution is -0.131. The number of nitrogens with zero attached hydrogens (tertiary/aromatic N) is 1. The molecule has 8 heteroatoms. The van der Waals surface area contributed by atoms with Gasteiger partial charge in [-0.05, 0) is 66.6 Å². The number of rotatable bonds is 9. The van der Waals surface area contributed by atoms with Crippen molar-refractivity contribution in [3.05, 3.63) is 94.5 Å². The molecule has 38 heavy (non-hydrogen) atoms. The molecule has 0 bridgehead atoms. The van der Waals surface area contributed by atoms with E-state index in [1.165, 1.54) is 23.3 Å². The number of aliphatic hydroxyl groups is 1. The Balaban J connectivity index is 1.33. The summed E-state index contributed by atoms with van der Waals surface area (Å²) in [7, 11) is 0. The third kappa shape index (κ3) is 7.12.